The molecule has 0 spiro atoms. The molecule has 2 N–H and O–H groups in total. The van der Waals surface area contributed by atoms with E-state index in [1.807, 2.05) is 6.07 Å². The van der Waals surface area contributed by atoms with Gasteiger partial charge in [-0.2, -0.15) is 0 Å². The van der Waals surface area contributed by atoms with Crippen LogP contribution in [0.25, 0.3) is 0 Å². The molecule has 0 unspecified atom stereocenters. The van der Waals surface area contributed by atoms with E-state index in [0.29, 0.717) is 25.1 Å². The van der Waals surface area contributed by atoms with Crippen LogP contribution in [0.5, 0.6) is 5.75 Å². The van der Waals surface area contributed by atoms with Crippen LogP contribution in [-0.4, -0.2) is 65.2 Å². The fourth-order valence-corrected chi connectivity index (χ4v) is 4.31. The number of amides is 1. The molecule has 1 aromatic heterocycles. The van der Waals surface area contributed by atoms with Crippen LogP contribution >= 0.6 is 0 Å². The zero-order valence-electron chi connectivity index (χ0n) is 21.7. The molecule has 7 heteroatoms. The first kappa shape index (κ1) is 25.9. The zero-order chi connectivity index (χ0) is 24.9. The Kier molecular flexibility index (Phi) is 8.18. The van der Waals surface area contributed by atoms with Crippen LogP contribution < -0.4 is 10.2 Å². The van der Waals surface area contributed by atoms with Gasteiger partial charge in [0.2, 0.25) is 11.9 Å². The van der Waals surface area contributed by atoms with Gasteiger partial charge in [0.05, 0.1) is 0 Å². The highest BCUT2D eigenvalue weighted by molar-refractivity contribution is 5.76. The van der Waals surface area contributed by atoms with E-state index >= 15 is 0 Å². The Morgan fingerprint density at radius 2 is 1.53 bits per heavy atom. The van der Waals surface area contributed by atoms with E-state index < -0.39 is 0 Å². The van der Waals surface area contributed by atoms with E-state index in [4.69, 9.17) is 0 Å². The minimum atomic E-state index is -0.168. The van der Waals surface area contributed by atoms with Crippen molar-refractivity contribution >= 4 is 11.9 Å². The third-order valence-electron chi connectivity index (χ3n) is 6.38. The fraction of sp³-hybridized carbons (Fsp3) is 0.593. The Bertz CT molecular complexity index is 920. The van der Waals surface area contributed by atoms with Gasteiger partial charge < -0.3 is 15.3 Å². The number of hydrogen-bond donors (Lipinski definition) is 2. The number of benzene rings is 1. The number of aryl methyl sites for hydroxylation is 1. The van der Waals surface area contributed by atoms with Gasteiger partial charge >= 0.3 is 0 Å². The average Bonchev–Trinajstić information content (AvgIpc) is 2.78. The third-order valence-corrected chi connectivity index (χ3v) is 6.38. The number of nitrogens with zero attached hydrogens (tertiary/aromatic N) is 4. The van der Waals surface area contributed by atoms with Crippen molar-refractivity contribution in [3.05, 3.63) is 47.3 Å². The number of phenols is 1. The standard InChI is InChI=1S/C27H41N5O2/c1-26(2,3)21-18-20(19-22(24(21)34)27(4,5)6)8-9-23(33)28-12-13-31-14-16-32(17-15-31)25-29-10-7-11-30-25/h7,10-11,18-19,34H,8-9,12-17H2,1-6H3,(H,28,33). The Morgan fingerprint density at radius 3 is 2.06 bits per heavy atom. The second kappa shape index (κ2) is 10.7. The SMILES string of the molecule is CC(C)(C)c1cc(CCC(=O)NCCN2CCN(c3ncccn3)CC2)cc(C(C)(C)C)c1O. The largest absolute Gasteiger partial charge is 0.507 e. The molecule has 2 heterocycles. The molecule has 0 saturated carbocycles. The predicted octanol–water partition coefficient (Wildman–Crippen LogP) is 3.65. The summed E-state index contributed by atoms with van der Waals surface area (Å²) in [6.45, 7) is 17.8. The van der Waals surface area contributed by atoms with Crippen LogP contribution in [0.2, 0.25) is 0 Å². The summed E-state index contributed by atoms with van der Waals surface area (Å²) < 4.78 is 0. The molecule has 1 aromatic carbocycles. The maximum absolute atomic E-state index is 12.5. The van der Waals surface area contributed by atoms with Crippen LogP contribution in [0.3, 0.4) is 0 Å². The van der Waals surface area contributed by atoms with Crippen LogP contribution in [0.1, 0.15) is 64.7 Å². The number of phenolic OH excluding ortho intramolecular Hbond substituents is 1. The van der Waals surface area contributed by atoms with Gasteiger partial charge in [-0.3, -0.25) is 9.69 Å². The maximum atomic E-state index is 12.5. The van der Waals surface area contributed by atoms with Gasteiger partial charge in [0, 0.05) is 58.1 Å². The van der Waals surface area contributed by atoms with Gasteiger partial charge in [-0.1, -0.05) is 53.7 Å². The van der Waals surface area contributed by atoms with Crippen LogP contribution in [-0.2, 0) is 22.0 Å². The minimum absolute atomic E-state index is 0.0685. The van der Waals surface area contributed by atoms with Crippen molar-refractivity contribution in [1.29, 1.82) is 0 Å². The number of anilines is 1. The average molecular weight is 468 g/mol. The summed E-state index contributed by atoms with van der Waals surface area (Å²) in [6, 6.07) is 5.96. The van der Waals surface area contributed by atoms with Gasteiger partial charge in [-0.15, -0.1) is 0 Å². The molecular weight excluding hydrogens is 426 g/mol. The Labute approximate surface area is 204 Å². The first-order valence-corrected chi connectivity index (χ1v) is 12.3. The summed E-state index contributed by atoms with van der Waals surface area (Å²) >= 11 is 0. The Morgan fingerprint density at radius 1 is 0.971 bits per heavy atom. The lowest BCUT2D eigenvalue weighted by Crippen LogP contribution is -2.49. The number of nitrogens with one attached hydrogen (secondary N) is 1. The maximum Gasteiger partial charge on any atom is 0.225 e. The molecule has 0 bridgehead atoms. The zero-order valence-corrected chi connectivity index (χ0v) is 21.7. The number of hydrogen-bond acceptors (Lipinski definition) is 6. The topological polar surface area (TPSA) is 81.6 Å². The molecule has 1 saturated heterocycles. The van der Waals surface area contributed by atoms with Crippen LogP contribution in [0, 0.1) is 0 Å². The fourth-order valence-electron chi connectivity index (χ4n) is 4.31. The highest BCUT2D eigenvalue weighted by Gasteiger charge is 2.26. The number of piperazine rings is 1. The molecule has 2 aromatic rings. The van der Waals surface area contributed by atoms with Crippen LogP contribution in [0.15, 0.2) is 30.6 Å². The second-order valence-electron chi connectivity index (χ2n) is 11.3. The quantitative estimate of drug-likeness (QED) is 0.647. The lowest BCUT2D eigenvalue weighted by Gasteiger charge is -2.34. The van der Waals surface area contributed by atoms with Gasteiger partial charge in [0.15, 0.2) is 0 Å². The van der Waals surface area contributed by atoms with Gasteiger partial charge in [-0.05, 0) is 40.0 Å². The van der Waals surface area contributed by atoms with Crippen molar-refractivity contribution < 1.29 is 9.90 Å². The Hall–Kier alpha value is -2.67. The van der Waals surface area contributed by atoms with Crippen LogP contribution in [0.4, 0.5) is 5.95 Å². The van der Waals surface area contributed by atoms with E-state index in [1.54, 1.807) is 12.4 Å². The van der Waals surface area contributed by atoms with E-state index in [9.17, 15) is 9.90 Å². The summed E-state index contributed by atoms with van der Waals surface area (Å²) in [7, 11) is 0. The van der Waals surface area contributed by atoms with E-state index in [0.717, 1.165) is 55.4 Å². The Balaban J connectivity index is 1.47. The lowest BCUT2D eigenvalue weighted by molar-refractivity contribution is -0.121. The summed E-state index contributed by atoms with van der Waals surface area (Å²) in [6.07, 6.45) is 4.65. The van der Waals surface area contributed by atoms with Crippen molar-refractivity contribution in [3.8, 4) is 5.75 Å². The normalized spacial score (nSPS) is 15.4. The van der Waals surface area contributed by atoms with E-state index in [-0.39, 0.29) is 16.7 Å². The number of aromatic hydroxyl groups is 1. The summed E-state index contributed by atoms with van der Waals surface area (Å²) in [4.78, 5) is 25.7. The predicted molar refractivity (Wildman–Crippen MR) is 138 cm³/mol. The molecule has 1 aliphatic heterocycles. The molecule has 34 heavy (non-hydrogen) atoms. The number of carbonyl (C=O) groups excluding carboxylic acids is 1. The van der Waals surface area contributed by atoms with E-state index in [1.165, 1.54) is 0 Å². The minimum Gasteiger partial charge on any atom is -0.507 e. The van der Waals surface area contributed by atoms with Gasteiger partial charge in [0.1, 0.15) is 5.75 Å². The molecule has 1 fully saturated rings. The molecule has 1 aliphatic rings. The molecule has 0 atom stereocenters. The monoisotopic (exact) mass is 467 g/mol. The highest BCUT2D eigenvalue weighted by atomic mass is 16.3. The second-order valence-corrected chi connectivity index (χ2v) is 11.3. The molecule has 0 aliphatic carbocycles. The first-order chi connectivity index (χ1) is 15.9. The molecule has 186 valence electrons. The number of aromatic nitrogens is 2. The third kappa shape index (κ3) is 6.92. The van der Waals surface area contributed by atoms with E-state index in [2.05, 4.69) is 78.8 Å². The van der Waals surface area contributed by atoms with Gasteiger partial charge in [-0.25, -0.2) is 9.97 Å². The van der Waals surface area contributed by atoms with Crippen molar-refractivity contribution in [2.45, 2.75) is 65.2 Å². The lowest BCUT2D eigenvalue weighted by atomic mass is 9.78. The van der Waals surface area contributed by atoms with Gasteiger partial charge in [0.25, 0.3) is 0 Å². The summed E-state index contributed by atoms with van der Waals surface area (Å²) in [5, 5.41) is 14.0. The van der Waals surface area contributed by atoms with Crippen molar-refractivity contribution in [1.82, 2.24) is 20.2 Å². The highest BCUT2D eigenvalue weighted by Crippen LogP contribution is 2.39. The molecule has 3 rings (SSSR count). The molecule has 1 amide bonds. The molecular formula is C27H41N5O2. The molecule has 7 nitrogen and oxygen atoms in total. The smallest absolute Gasteiger partial charge is 0.225 e. The number of carbonyl (C=O) groups is 1. The van der Waals surface area contributed by atoms with Crippen molar-refractivity contribution in [2.75, 3.05) is 44.2 Å². The number of rotatable bonds is 7. The van der Waals surface area contributed by atoms with Crippen molar-refractivity contribution in [3.63, 3.8) is 0 Å². The first-order valence-electron chi connectivity index (χ1n) is 12.3. The summed E-state index contributed by atoms with van der Waals surface area (Å²) in [5.74, 6) is 1.24. The van der Waals surface area contributed by atoms with Crippen molar-refractivity contribution in [2.24, 2.45) is 0 Å². The molecule has 0 radical (unpaired) electrons. The summed E-state index contributed by atoms with van der Waals surface area (Å²) in [5.41, 5.74) is 2.64.